The third kappa shape index (κ3) is 4.85. The van der Waals surface area contributed by atoms with Gasteiger partial charge in [-0.3, -0.25) is 4.79 Å². The maximum Gasteiger partial charge on any atom is 0.252 e. The van der Waals surface area contributed by atoms with E-state index in [4.69, 9.17) is 4.74 Å². The van der Waals surface area contributed by atoms with Gasteiger partial charge in [0.25, 0.3) is 5.91 Å². The van der Waals surface area contributed by atoms with Crippen LogP contribution < -0.4 is 5.32 Å². The van der Waals surface area contributed by atoms with Crippen molar-refractivity contribution >= 4 is 15.9 Å². The monoisotopic (exact) mass is 436 g/mol. The Morgan fingerprint density at radius 1 is 0.806 bits per heavy atom. The van der Waals surface area contributed by atoms with E-state index in [1.165, 1.54) is 16.4 Å². The summed E-state index contributed by atoms with van der Waals surface area (Å²) < 4.78 is 32.2. The number of hydrogen-bond donors (Lipinski definition) is 1. The minimum atomic E-state index is -3.59. The zero-order valence-corrected chi connectivity index (χ0v) is 17.8. The van der Waals surface area contributed by atoms with Crippen LogP contribution in [-0.4, -0.2) is 44.9 Å². The third-order valence-corrected chi connectivity index (χ3v) is 7.18. The van der Waals surface area contributed by atoms with Crippen LogP contribution in [-0.2, 0) is 14.8 Å². The second kappa shape index (κ2) is 9.43. The topological polar surface area (TPSA) is 75.7 Å². The summed E-state index contributed by atoms with van der Waals surface area (Å²) in [6.07, 6.45) is 0. The lowest BCUT2D eigenvalue weighted by Crippen LogP contribution is -2.40. The van der Waals surface area contributed by atoms with Crippen molar-refractivity contribution < 1.29 is 17.9 Å². The number of morpholine rings is 1. The summed E-state index contributed by atoms with van der Waals surface area (Å²) in [5.74, 6) is -0.270. The van der Waals surface area contributed by atoms with Crippen LogP contribution >= 0.6 is 0 Å². The van der Waals surface area contributed by atoms with E-state index in [2.05, 4.69) is 5.32 Å². The average molecular weight is 437 g/mol. The fourth-order valence-corrected chi connectivity index (χ4v) is 4.99. The molecular formula is C24H24N2O4S. The Morgan fingerprint density at radius 2 is 1.32 bits per heavy atom. The van der Waals surface area contributed by atoms with Gasteiger partial charge < -0.3 is 10.1 Å². The number of benzene rings is 3. The van der Waals surface area contributed by atoms with Crippen molar-refractivity contribution in [1.82, 2.24) is 9.62 Å². The Balaban J connectivity index is 1.54. The zero-order chi connectivity index (χ0) is 21.7. The molecule has 0 radical (unpaired) electrons. The first-order valence-electron chi connectivity index (χ1n) is 10.1. The van der Waals surface area contributed by atoms with Gasteiger partial charge in [-0.25, -0.2) is 8.42 Å². The number of rotatable bonds is 6. The van der Waals surface area contributed by atoms with Crippen LogP contribution in [0.25, 0.3) is 0 Å². The zero-order valence-electron chi connectivity index (χ0n) is 17.0. The van der Waals surface area contributed by atoms with Crippen LogP contribution in [0.5, 0.6) is 0 Å². The van der Waals surface area contributed by atoms with Crippen LogP contribution in [0.15, 0.2) is 89.8 Å². The Bertz CT molecular complexity index is 1070. The van der Waals surface area contributed by atoms with Gasteiger partial charge in [-0.2, -0.15) is 4.31 Å². The van der Waals surface area contributed by atoms with E-state index in [9.17, 15) is 13.2 Å². The number of hydrogen-bond acceptors (Lipinski definition) is 4. The van der Waals surface area contributed by atoms with Gasteiger partial charge in [0.05, 0.1) is 24.2 Å². The highest BCUT2D eigenvalue weighted by molar-refractivity contribution is 7.89. The lowest BCUT2D eigenvalue weighted by Gasteiger charge is -2.26. The predicted octanol–water partition coefficient (Wildman–Crippen LogP) is 3.23. The maximum atomic E-state index is 13.0. The standard InChI is InChI=1S/C24H24N2O4S/c27-24(25-23(19-7-3-1-4-8-19)20-9-5-2-6-10-20)21-11-13-22(14-12-21)31(28,29)26-15-17-30-18-16-26/h1-14,23H,15-18H2,(H,25,27). The third-order valence-electron chi connectivity index (χ3n) is 5.27. The lowest BCUT2D eigenvalue weighted by molar-refractivity contribution is 0.0730. The fraction of sp³-hybridized carbons (Fsp3) is 0.208. The molecule has 0 saturated carbocycles. The molecule has 4 rings (SSSR count). The minimum absolute atomic E-state index is 0.175. The minimum Gasteiger partial charge on any atom is -0.379 e. The van der Waals surface area contributed by atoms with Crippen molar-refractivity contribution in [3.05, 3.63) is 102 Å². The molecule has 0 bridgehead atoms. The first-order valence-corrected chi connectivity index (χ1v) is 11.6. The summed E-state index contributed by atoms with van der Waals surface area (Å²) in [6, 6.07) is 25.2. The quantitative estimate of drug-likeness (QED) is 0.644. The molecule has 0 atom stereocenters. The van der Waals surface area contributed by atoms with Gasteiger partial charge in [0, 0.05) is 18.7 Å². The summed E-state index contributed by atoms with van der Waals surface area (Å²) in [5, 5.41) is 3.07. The Kier molecular flexibility index (Phi) is 6.46. The first-order chi connectivity index (χ1) is 15.1. The number of ether oxygens (including phenoxy) is 1. The number of nitrogens with one attached hydrogen (secondary N) is 1. The molecule has 1 aliphatic rings. The van der Waals surface area contributed by atoms with E-state index in [-0.39, 0.29) is 16.8 Å². The second-order valence-corrected chi connectivity index (χ2v) is 9.21. The van der Waals surface area contributed by atoms with Gasteiger partial charge in [-0.1, -0.05) is 60.7 Å². The van der Waals surface area contributed by atoms with Crippen LogP contribution in [0.2, 0.25) is 0 Å². The van der Waals surface area contributed by atoms with Crippen molar-refractivity contribution in [2.75, 3.05) is 26.3 Å². The molecule has 7 heteroatoms. The van der Waals surface area contributed by atoms with Gasteiger partial charge in [-0.15, -0.1) is 0 Å². The molecule has 160 valence electrons. The molecule has 1 amide bonds. The van der Waals surface area contributed by atoms with Gasteiger partial charge in [0.15, 0.2) is 0 Å². The SMILES string of the molecule is O=C(NC(c1ccccc1)c1ccccc1)c1ccc(S(=O)(=O)N2CCOCC2)cc1. The molecule has 0 spiro atoms. The summed E-state index contributed by atoms with van der Waals surface area (Å²) in [5.41, 5.74) is 2.33. The molecule has 0 aromatic heterocycles. The summed E-state index contributed by atoms with van der Waals surface area (Å²) in [6.45, 7) is 1.45. The number of carbonyl (C=O) groups excluding carboxylic acids is 1. The van der Waals surface area contributed by atoms with Crippen molar-refractivity contribution in [2.45, 2.75) is 10.9 Å². The van der Waals surface area contributed by atoms with Crippen molar-refractivity contribution in [3.8, 4) is 0 Å². The molecule has 1 N–H and O–H groups in total. The van der Waals surface area contributed by atoms with Crippen LogP contribution in [0.4, 0.5) is 0 Å². The summed E-state index contributed by atoms with van der Waals surface area (Å²) in [4.78, 5) is 13.2. The fourth-order valence-electron chi connectivity index (χ4n) is 3.58. The normalized spacial score (nSPS) is 15.0. The van der Waals surface area contributed by atoms with E-state index in [0.29, 0.717) is 31.9 Å². The first kappa shape index (κ1) is 21.2. The number of sulfonamides is 1. The molecule has 6 nitrogen and oxygen atoms in total. The average Bonchev–Trinajstić information content (AvgIpc) is 2.84. The van der Waals surface area contributed by atoms with Crippen molar-refractivity contribution in [3.63, 3.8) is 0 Å². The Morgan fingerprint density at radius 3 is 1.84 bits per heavy atom. The molecule has 3 aromatic carbocycles. The highest BCUT2D eigenvalue weighted by Gasteiger charge is 2.26. The Hall–Kier alpha value is -3.00. The molecule has 1 saturated heterocycles. The number of nitrogens with zero attached hydrogens (tertiary/aromatic N) is 1. The molecule has 0 aliphatic carbocycles. The van der Waals surface area contributed by atoms with Gasteiger partial charge in [0.2, 0.25) is 10.0 Å². The highest BCUT2D eigenvalue weighted by Crippen LogP contribution is 2.23. The molecule has 1 heterocycles. The van der Waals surface area contributed by atoms with E-state index in [0.717, 1.165) is 11.1 Å². The van der Waals surface area contributed by atoms with Crippen LogP contribution in [0.3, 0.4) is 0 Å². The van der Waals surface area contributed by atoms with Crippen molar-refractivity contribution in [1.29, 1.82) is 0 Å². The maximum absolute atomic E-state index is 13.0. The highest BCUT2D eigenvalue weighted by atomic mass is 32.2. The van der Waals surface area contributed by atoms with Crippen molar-refractivity contribution in [2.24, 2.45) is 0 Å². The second-order valence-electron chi connectivity index (χ2n) is 7.27. The molecule has 3 aromatic rings. The number of carbonyl (C=O) groups is 1. The van der Waals surface area contributed by atoms with E-state index < -0.39 is 10.0 Å². The summed E-state index contributed by atoms with van der Waals surface area (Å²) >= 11 is 0. The van der Waals surface area contributed by atoms with Gasteiger partial charge in [-0.05, 0) is 35.4 Å². The van der Waals surface area contributed by atoms with Crippen LogP contribution in [0.1, 0.15) is 27.5 Å². The summed E-state index contributed by atoms with van der Waals surface area (Å²) in [7, 11) is -3.59. The van der Waals surface area contributed by atoms with Crippen LogP contribution in [0, 0.1) is 0 Å². The molecule has 31 heavy (non-hydrogen) atoms. The molecule has 1 aliphatic heterocycles. The van der Waals surface area contributed by atoms with Gasteiger partial charge in [0.1, 0.15) is 0 Å². The largest absolute Gasteiger partial charge is 0.379 e. The van der Waals surface area contributed by atoms with E-state index >= 15 is 0 Å². The lowest BCUT2D eigenvalue weighted by atomic mass is 9.98. The van der Waals surface area contributed by atoms with E-state index in [1.54, 1.807) is 12.1 Å². The smallest absolute Gasteiger partial charge is 0.252 e. The molecule has 0 unspecified atom stereocenters. The molecule has 1 fully saturated rings. The Labute approximate surface area is 182 Å². The van der Waals surface area contributed by atoms with Gasteiger partial charge >= 0.3 is 0 Å². The molecular weight excluding hydrogens is 412 g/mol. The predicted molar refractivity (Wildman–Crippen MR) is 118 cm³/mol. The number of amides is 1. The van der Waals surface area contributed by atoms with E-state index in [1.807, 2.05) is 60.7 Å².